The van der Waals surface area contributed by atoms with Crippen molar-refractivity contribution in [3.05, 3.63) is 12.2 Å². The van der Waals surface area contributed by atoms with Crippen LogP contribution in [0, 0.1) is 11.8 Å². The lowest BCUT2D eigenvalue weighted by Gasteiger charge is -2.13. The molecule has 1 aliphatic carbocycles. The van der Waals surface area contributed by atoms with Crippen molar-refractivity contribution in [3.8, 4) is 0 Å². The summed E-state index contributed by atoms with van der Waals surface area (Å²) in [6, 6.07) is 0.669. The fourth-order valence-electron chi connectivity index (χ4n) is 1.81. The maximum absolute atomic E-state index is 4.07. The summed E-state index contributed by atoms with van der Waals surface area (Å²) in [5.41, 5.74) is 1.42. The van der Waals surface area contributed by atoms with Crippen LogP contribution in [0.15, 0.2) is 12.2 Å². The Morgan fingerprint density at radius 2 is 2.10 bits per heavy atom. The minimum absolute atomic E-state index is 0.667. The van der Waals surface area contributed by atoms with E-state index in [-0.39, 0.29) is 0 Å². The van der Waals surface area contributed by atoms with Crippen LogP contribution in [0.4, 0.5) is 0 Å². The van der Waals surface area contributed by atoms with Gasteiger partial charge in [-0.25, -0.2) is 0 Å². The third-order valence-corrected chi connectivity index (χ3v) is 2.80. The van der Waals surface area contributed by atoms with Gasteiger partial charge >= 0.3 is 0 Å². The molecule has 0 aromatic rings. The average Bonchev–Trinajstić information content (AvgIpc) is 2.17. The lowest BCUT2D eigenvalue weighted by molar-refractivity contribution is 0.479. The first-order chi connectivity index (χ1) is 4.66. The maximum Gasteiger partial charge on any atom is 0.0132 e. The van der Waals surface area contributed by atoms with Crippen LogP contribution < -0.4 is 5.32 Å². The monoisotopic (exact) mass is 139 g/mol. The first-order valence-electron chi connectivity index (χ1n) is 4.02. The molecule has 0 aromatic carbocycles. The van der Waals surface area contributed by atoms with Gasteiger partial charge in [-0.2, -0.15) is 0 Å². The summed E-state index contributed by atoms with van der Waals surface area (Å²) in [5, 5.41) is 3.31. The minimum Gasteiger partial charge on any atom is -0.316 e. The normalized spacial score (nSPS) is 40.7. The number of nitrogens with one attached hydrogen (secondary N) is 1. The molecule has 1 nitrogen and oxygen atoms in total. The number of rotatable bonds is 1. The molecule has 10 heavy (non-hydrogen) atoms. The van der Waals surface area contributed by atoms with Gasteiger partial charge in [0.15, 0.2) is 0 Å². The fraction of sp³-hybridized carbons (Fsp3) is 0.778. The first-order valence-corrected chi connectivity index (χ1v) is 4.02. The molecule has 58 valence electrons. The largest absolute Gasteiger partial charge is 0.316 e. The predicted molar refractivity (Wildman–Crippen MR) is 44.9 cm³/mol. The Hall–Kier alpha value is -0.300. The van der Waals surface area contributed by atoms with Gasteiger partial charge in [0.05, 0.1) is 0 Å². The Kier molecular flexibility index (Phi) is 2.14. The number of hydrogen-bond acceptors (Lipinski definition) is 1. The van der Waals surface area contributed by atoms with Crippen molar-refractivity contribution in [2.45, 2.75) is 26.3 Å². The molecule has 0 spiro atoms. The zero-order valence-electron chi connectivity index (χ0n) is 7.15. The Labute approximate surface area is 63.5 Å². The molecule has 1 saturated carbocycles. The van der Waals surface area contributed by atoms with Gasteiger partial charge in [-0.3, -0.25) is 0 Å². The highest BCUT2D eigenvalue weighted by molar-refractivity contribution is 5.13. The fourth-order valence-corrected chi connectivity index (χ4v) is 1.81. The zero-order chi connectivity index (χ0) is 7.72. The van der Waals surface area contributed by atoms with Gasteiger partial charge in [0.2, 0.25) is 0 Å². The van der Waals surface area contributed by atoms with E-state index in [0.717, 1.165) is 0 Å². The van der Waals surface area contributed by atoms with E-state index in [0.29, 0.717) is 17.9 Å². The summed E-state index contributed by atoms with van der Waals surface area (Å²) in [5.74, 6) is 1.38. The molecule has 1 fully saturated rings. The molecule has 1 aliphatic rings. The van der Waals surface area contributed by atoms with Gasteiger partial charge in [-0.1, -0.05) is 26.0 Å². The Morgan fingerprint density at radius 3 is 2.30 bits per heavy atom. The summed E-state index contributed by atoms with van der Waals surface area (Å²) in [6.07, 6.45) is 1.26. The van der Waals surface area contributed by atoms with Crippen molar-refractivity contribution in [2.24, 2.45) is 11.8 Å². The lowest BCUT2D eigenvalue weighted by atomic mass is 10.0. The van der Waals surface area contributed by atoms with E-state index in [1.807, 2.05) is 7.05 Å². The molecule has 0 aromatic heterocycles. The molecule has 2 unspecified atom stereocenters. The van der Waals surface area contributed by atoms with Crippen molar-refractivity contribution in [3.63, 3.8) is 0 Å². The highest BCUT2D eigenvalue weighted by Gasteiger charge is 2.30. The Morgan fingerprint density at radius 1 is 1.50 bits per heavy atom. The smallest absolute Gasteiger partial charge is 0.0132 e. The summed E-state index contributed by atoms with van der Waals surface area (Å²) >= 11 is 0. The summed E-state index contributed by atoms with van der Waals surface area (Å²) in [6.45, 7) is 8.59. The van der Waals surface area contributed by atoms with E-state index in [9.17, 15) is 0 Å². The van der Waals surface area contributed by atoms with E-state index >= 15 is 0 Å². The number of hydrogen-bond donors (Lipinski definition) is 1. The molecule has 0 radical (unpaired) electrons. The quantitative estimate of drug-likeness (QED) is 0.546. The SMILES string of the molecule is C=C1C(C)C[C@@H](NC)C1C. The van der Waals surface area contributed by atoms with Crippen LogP contribution in [0.25, 0.3) is 0 Å². The maximum atomic E-state index is 4.07. The average molecular weight is 139 g/mol. The van der Waals surface area contributed by atoms with Crippen LogP contribution in [0.3, 0.4) is 0 Å². The highest BCUT2D eigenvalue weighted by Crippen LogP contribution is 2.34. The second-order valence-electron chi connectivity index (χ2n) is 3.40. The molecule has 1 rings (SSSR count). The van der Waals surface area contributed by atoms with Crippen LogP contribution >= 0.6 is 0 Å². The van der Waals surface area contributed by atoms with Crippen LogP contribution in [-0.2, 0) is 0 Å². The first kappa shape index (κ1) is 7.80. The molecule has 0 bridgehead atoms. The van der Waals surface area contributed by atoms with E-state index in [1.165, 1.54) is 12.0 Å². The third-order valence-electron chi connectivity index (χ3n) is 2.80. The lowest BCUT2D eigenvalue weighted by Crippen LogP contribution is -2.27. The van der Waals surface area contributed by atoms with E-state index in [2.05, 4.69) is 25.7 Å². The molecule has 0 saturated heterocycles. The molecule has 1 heteroatoms. The van der Waals surface area contributed by atoms with Crippen molar-refractivity contribution in [1.82, 2.24) is 5.32 Å². The second-order valence-corrected chi connectivity index (χ2v) is 3.40. The van der Waals surface area contributed by atoms with Crippen LogP contribution in [-0.4, -0.2) is 13.1 Å². The molecule has 0 aliphatic heterocycles. The van der Waals surface area contributed by atoms with Gasteiger partial charge in [0.25, 0.3) is 0 Å². The van der Waals surface area contributed by atoms with Crippen molar-refractivity contribution < 1.29 is 0 Å². The van der Waals surface area contributed by atoms with E-state index in [4.69, 9.17) is 0 Å². The van der Waals surface area contributed by atoms with Crippen LogP contribution in [0.2, 0.25) is 0 Å². The van der Waals surface area contributed by atoms with Gasteiger partial charge < -0.3 is 5.32 Å². The van der Waals surface area contributed by atoms with Crippen molar-refractivity contribution >= 4 is 0 Å². The van der Waals surface area contributed by atoms with Crippen LogP contribution in [0.5, 0.6) is 0 Å². The van der Waals surface area contributed by atoms with E-state index < -0.39 is 0 Å². The summed E-state index contributed by atoms with van der Waals surface area (Å²) in [4.78, 5) is 0. The standard InChI is InChI=1S/C9H17N/c1-6-5-9(10-4)8(3)7(6)2/h6,8-10H,2,5H2,1,3-4H3/t6?,8?,9-/m1/s1. The molecule has 1 N–H and O–H groups in total. The van der Waals surface area contributed by atoms with Gasteiger partial charge in [0, 0.05) is 6.04 Å². The third kappa shape index (κ3) is 1.10. The summed E-state index contributed by atoms with van der Waals surface area (Å²) < 4.78 is 0. The molecule has 0 heterocycles. The minimum atomic E-state index is 0.667. The molecular formula is C9H17N. The molecule has 3 atom stereocenters. The highest BCUT2D eigenvalue weighted by atomic mass is 14.9. The van der Waals surface area contributed by atoms with E-state index in [1.54, 1.807) is 0 Å². The summed E-state index contributed by atoms with van der Waals surface area (Å²) in [7, 11) is 2.03. The van der Waals surface area contributed by atoms with Gasteiger partial charge in [-0.05, 0) is 25.3 Å². The zero-order valence-corrected chi connectivity index (χ0v) is 7.15. The van der Waals surface area contributed by atoms with Crippen molar-refractivity contribution in [2.75, 3.05) is 7.05 Å². The Bertz CT molecular complexity index is 140. The Balaban J connectivity index is 2.61. The van der Waals surface area contributed by atoms with Crippen molar-refractivity contribution in [1.29, 1.82) is 0 Å². The van der Waals surface area contributed by atoms with Gasteiger partial charge in [0.1, 0.15) is 0 Å². The van der Waals surface area contributed by atoms with Gasteiger partial charge in [-0.15, -0.1) is 0 Å². The topological polar surface area (TPSA) is 12.0 Å². The second kappa shape index (κ2) is 2.75. The predicted octanol–water partition coefficient (Wildman–Crippen LogP) is 1.81. The molecular weight excluding hydrogens is 122 g/mol. The van der Waals surface area contributed by atoms with Crippen LogP contribution in [0.1, 0.15) is 20.3 Å². The molecule has 0 amide bonds.